The molecular formula is C23H19BrN2OS. The molecule has 0 saturated heterocycles. The van der Waals surface area contributed by atoms with Gasteiger partial charge in [-0.25, -0.2) is 4.98 Å². The second-order valence-electron chi connectivity index (χ2n) is 6.92. The van der Waals surface area contributed by atoms with Crippen LogP contribution in [0.25, 0.3) is 21.5 Å². The second-order valence-corrected chi connectivity index (χ2v) is 8.79. The van der Waals surface area contributed by atoms with E-state index in [0.29, 0.717) is 5.56 Å². The third kappa shape index (κ3) is 3.60. The fourth-order valence-corrected chi connectivity index (χ4v) is 4.51. The van der Waals surface area contributed by atoms with Gasteiger partial charge < -0.3 is 5.32 Å². The molecule has 1 amide bonds. The first kappa shape index (κ1) is 18.8. The van der Waals surface area contributed by atoms with Crippen LogP contribution in [-0.4, -0.2) is 10.9 Å². The van der Waals surface area contributed by atoms with Crippen molar-refractivity contribution in [2.75, 3.05) is 5.32 Å². The summed E-state index contributed by atoms with van der Waals surface area (Å²) in [5.74, 6) is -0.128. The first-order chi connectivity index (χ1) is 13.4. The van der Waals surface area contributed by atoms with Crippen molar-refractivity contribution in [3.63, 3.8) is 0 Å². The van der Waals surface area contributed by atoms with Gasteiger partial charge in [-0.05, 0) is 73.2 Å². The number of aryl methyl sites for hydroxylation is 3. The van der Waals surface area contributed by atoms with E-state index in [2.05, 4.69) is 21.2 Å². The molecule has 28 heavy (non-hydrogen) atoms. The molecule has 0 atom stereocenters. The summed E-state index contributed by atoms with van der Waals surface area (Å²) in [6.45, 7) is 6.04. The predicted octanol–water partition coefficient (Wildman–Crippen LogP) is 6.90. The molecule has 4 rings (SSSR count). The van der Waals surface area contributed by atoms with Crippen molar-refractivity contribution in [3.8, 4) is 10.6 Å². The number of aromatic nitrogens is 1. The summed E-state index contributed by atoms with van der Waals surface area (Å²) in [5.41, 5.74) is 6.30. The maximum Gasteiger partial charge on any atom is 0.256 e. The quantitative estimate of drug-likeness (QED) is 0.368. The first-order valence-corrected chi connectivity index (χ1v) is 10.6. The summed E-state index contributed by atoms with van der Waals surface area (Å²) in [6.07, 6.45) is 0. The van der Waals surface area contributed by atoms with Crippen LogP contribution in [0.2, 0.25) is 0 Å². The lowest BCUT2D eigenvalue weighted by atomic mass is 10.0. The van der Waals surface area contributed by atoms with Gasteiger partial charge in [-0.1, -0.05) is 34.1 Å². The summed E-state index contributed by atoms with van der Waals surface area (Å²) in [6, 6.07) is 16.0. The Morgan fingerprint density at radius 2 is 1.86 bits per heavy atom. The highest BCUT2D eigenvalue weighted by Crippen LogP contribution is 2.32. The standard InChI is InChI=1S/C23H19BrN2OS/c1-13-6-7-14(2)19(9-13)26-23(27)18-12-20(21-5-4-8-28-21)25-22-15(3)10-16(24)11-17(18)22/h4-12H,1-3H3,(H,26,27). The van der Waals surface area contributed by atoms with Gasteiger partial charge in [0.05, 0.1) is 21.7 Å². The van der Waals surface area contributed by atoms with Crippen molar-refractivity contribution < 1.29 is 4.79 Å². The number of pyridine rings is 1. The number of hydrogen-bond acceptors (Lipinski definition) is 3. The molecule has 2 heterocycles. The van der Waals surface area contributed by atoms with Gasteiger partial charge in [0, 0.05) is 15.5 Å². The maximum atomic E-state index is 13.3. The van der Waals surface area contributed by atoms with E-state index < -0.39 is 0 Å². The molecule has 140 valence electrons. The van der Waals surface area contributed by atoms with E-state index in [1.807, 2.05) is 74.7 Å². The lowest BCUT2D eigenvalue weighted by Crippen LogP contribution is -2.14. The number of carbonyl (C=O) groups excluding carboxylic acids is 1. The van der Waals surface area contributed by atoms with E-state index >= 15 is 0 Å². The van der Waals surface area contributed by atoms with E-state index in [-0.39, 0.29) is 5.91 Å². The molecule has 3 nitrogen and oxygen atoms in total. The summed E-state index contributed by atoms with van der Waals surface area (Å²) in [4.78, 5) is 19.2. The van der Waals surface area contributed by atoms with Gasteiger partial charge in [0.2, 0.25) is 0 Å². The highest BCUT2D eigenvalue weighted by Gasteiger charge is 2.17. The minimum absolute atomic E-state index is 0.128. The van der Waals surface area contributed by atoms with Crippen molar-refractivity contribution in [1.29, 1.82) is 0 Å². The van der Waals surface area contributed by atoms with Crippen LogP contribution in [0.15, 0.2) is 58.4 Å². The van der Waals surface area contributed by atoms with Crippen LogP contribution in [0, 0.1) is 20.8 Å². The number of amides is 1. The number of rotatable bonds is 3. The van der Waals surface area contributed by atoms with E-state index in [1.54, 1.807) is 11.3 Å². The van der Waals surface area contributed by atoms with Crippen LogP contribution in [0.3, 0.4) is 0 Å². The monoisotopic (exact) mass is 450 g/mol. The number of anilines is 1. The summed E-state index contributed by atoms with van der Waals surface area (Å²) in [5, 5.41) is 5.95. The third-order valence-electron chi connectivity index (χ3n) is 4.73. The minimum Gasteiger partial charge on any atom is -0.322 e. The Morgan fingerprint density at radius 1 is 1.04 bits per heavy atom. The zero-order valence-electron chi connectivity index (χ0n) is 15.8. The Hall–Kier alpha value is -2.50. The highest BCUT2D eigenvalue weighted by molar-refractivity contribution is 9.10. The van der Waals surface area contributed by atoms with Crippen LogP contribution in [0.4, 0.5) is 5.69 Å². The SMILES string of the molecule is Cc1ccc(C)c(NC(=O)c2cc(-c3cccs3)nc3c(C)cc(Br)cc23)c1. The van der Waals surface area contributed by atoms with E-state index in [0.717, 1.165) is 48.3 Å². The van der Waals surface area contributed by atoms with Crippen LogP contribution in [-0.2, 0) is 0 Å². The molecule has 0 radical (unpaired) electrons. The summed E-state index contributed by atoms with van der Waals surface area (Å²) in [7, 11) is 0. The van der Waals surface area contributed by atoms with Crippen molar-refractivity contribution in [2.45, 2.75) is 20.8 Å². The van der Waals surface area contributed by atoms with Gasteiger partial charge >= 0.3 is 0 Å². The molecular weight excluding hydrogens is 432 g/mol. The predicted molar refractivity (Wildman–Crippen MR) is 121 cm³/mol. The normalized spacial score (nSPS) is 11.0. The van der Waals surface area contributed by atoms with Gasteiger partial charge in [-0.2, -0.15) is 0 Å². The molecule has 2 aromatic heterocycles. The number of halogens is 1. The average molecular weight is 451 g/mol. The Kier molecular flexibility index (Phi) is 5.04. The zero-order chi connectivity index (χ0) is 19.8. The fourth-order valence-electron chi connectivity index (χ4n) is 3.25. The van der Waals surface area contributed by atoms with Gasteiger partial charge in [0.15, 0.2) is 0 Å². The Morgan fingerprint density at radius 3 is 2.61 bits per heavy atom. The van der Waals surface area contributed by atoms with Crippen LogP contribution in [0.1, 0.15) is 27.0 Å². The molecule has 0 unspecified atom stereocenters. The smallest absolute Gasteiger partial charge is 0.256 e. The number of benzene rings is 2. The number of hydrogen-bond donors (Lipinski definition) is 1. The summed E-state index contributed by atoms with van der Waals surface area (Å²) < 4.78 is 0.934. The van der Waals surface area contributed by atoms with E-state index in [9.17, 15) is 4.79 Å². The lowest BCUT2D eigenvalue weighted by Gasteiger charge is -2.13. The minimum atomic E-state index is -0.128. The lowest BCUT2D eigenvalue weighted by molar-refractivity contribution is 0.102. The maximum absolute atomic E-state index is 13.3. The average Bonchev–Trinajstić information content (AvgIpc) is 3.18. The topological polar surface area (TPSA) is 42.0 Å². The molecule has 4 aromatic rings. The second kappa shape index (κ2) is 7.49. The first-order valence-electron chi connectivity index (χ1n) is 8.96. The largest absolute Gasteiger partial charge is 0.322 e. The van der Waals surface area contributed by atoms with Crippen molar-refractivity contribution in [2.24, 2.45) is 0 Å². The molecule has 0 saturated carbocycles. The Bertz CT molecular complexity index is 1200. The van der Waals surface area contributed by atoms with Crippen LogP contribution in [0.5, 0.6) is 0 Å². The highest BCUT2D eigenvalue weighted by atomic mass is 79.9. The molecule has 0 fully saturated rings. The molecule has 2 aromatic carbocycles. The van der Waals surface area contributed by atoms with Crippen molar-refractivity contribution >= 4 is 49.8 Å². The molecule has 5 heteroatoms. The number of fused-ring (bicyclic) bond motifs is 1. The molecule has 0 bridgehead atoms. The summed E-state index contributed by atoms with van der Waals surface area (Å²) >= 11 is 5.17. The Balaban J connectivity index is 1.89. The van der Waals surface area contributed by atoms with Gasteiger partial charge in [0.25, 0.3) is 5.91 Å². The third-order valence-corrected chi connectivity index (χ3v) is 6.08. The van der Waals surface area contributed by atoms with Gasteiger partial charge in [-0.15, -0.1) is 11.3 Å². The number of thiophene rings is 1. The fraction of sp³-hybridized carbons (Fsp3) is 0.130. The molecule has 0 spiro atoms. The van der Waals surface area contributed by atoms with Crippen LogP contribution >= 0.6 is 27.3 Å². The number of nitrogens with zero attached hydrogens (tertiary/aromatic N) is 1. The number of nitrogens with one attached hydrogen (secondary N) is 1. The number of carbonyl (C=O) groups is 1. The molecule has 1 N–H and O–H groups in total. The van der Waals surface area contributed by atoms with Crippen molar-refractivity contribution in [1.82, 2.24) is 4.98 Å². The van der Waals surface area contributed by atoms with Crippen LogP contribution < -0.4 is 5.32 Å². The van der Waals surface area contributed by atoms with Crippen molar-refractivity contribution in [3.05, 3.63) is 80.6 Å². The van der Waals surface area contributed by atoms with Gasteiger partial charge in [-0.3, -0.25) is 4.79 Å². The zero-order valence-corrected chi connectivity index (χ0v) is 18.2. The van der Waals surface area contributed by atoms with E-state index in [1.165, 1.54) is 0 Å². The molecule has 0 aliphatic rings. The molecule has 0 aliphatic heterocycles. The van der Waals surface area contributed by atoms with Gasteiger partial charge in [0.1, 0.15) is 0 Å². The Labute approximate surface area is 176 Å². The van der Waals surface area contributed by atoms with E-state index in [4.69, 9.17) is 4.98 Å². The molecule has 0 aliphatic carbocycles.